The van der Waals surface area contributed by atoms with Crippen molar-refractivity contribution in [2.45, 2.75) is 37.7 Å². The van der Waals surface area contributed by atoms with Crippen molar-refractivity contribution in [3.05, 3.63) is 69.0 Å². The maximum Gasteiger partial charge on any atom is 0.292 e. The molecule has 156 valence electrons. The van der Waals surface area contributed by atoms with E-state index >= 15 is 0 Å². The molecule has 3 aromatic rings. The average molecular weight is 426 g/mol. The van der Waals surface area contributed by atoms with Crippen LogP contribution in [0.1, 0.15) is 20.8 Å². The molecule has 0 aliphatic carbocycles. The molecule has 3 rings (SSSR count). The van der Waals surface area contributed by atoms with Crippen LogP contribution < -0.4 is 10.9 Å². The van der Waals surface area contributed by atoms with E-state index in [0.29, 0.717) is 22.6 Å². The largest absolute Gasteiger partial charge is 0.319 e. The third kappa shape index (κ3) is 4.68. The fourth-order valence-corrected chi connectivity index (χ4v) is 3.87. The summed E-state index contributed by atoms with van der Waals surface area (Å²) >= 11 is 1.15. The van der Waals surface area contributed by atoms with E-state index in [-0.39, 0.29) is 22.9 Å². The first-order valence-corrected chi connectivity index (χ1v) is 10.4. The molecule has 0 aliphatic heterocycles. The number of rotatable bonds is 7. The Morgan fingerprint density at radius 2 is 1.83 bits per heavy atom. The minimum atomic E-state index is -0.628. The van der Waals surface area contributed by atoms with Gasteiger partial charge in [0.1, 0.15) is 5.69 Å². The molecule has 1 N–H and O–H groups in total. The second-order valence-corrected chi connectivity index (χ2v) is 8.55. The highest BCUT2D eigenvalue weighted by molar-refractivity contribution is 8.00. The van der Waals surface area contributed by atoms with Crippen molar-refractivity contribution in [1.29, 1.82) is 0 Å². The quantitative estimate of drug-likeness (QED) is 0.264. The predicted molar refractivity (Wildman–Crippen MR) is 118 cm³/mol. The number of anilines is 1. The number of thioether (sulfide) groups is 1. The summed E-state index contributed by atoms with van der Waals surface area (Å²) in [6.45, 7) is 6.15. The molecule has 2 aromatic carbocycles. The number of aromatic nitrogens is 2. The van der Waals surface area contributed by atoms with Crippen LogP contribution in [0.15, 0.2) is 58.5 Å². The molecule has 0 saturated heterocycles. The lowest BCUT2D eigenvalue weighted by molar-refractivity contribution is -0.383. The number of nitro benzene ring substituents is 1. The van der Waals surface area contributed by atoms with Crippen molar-refractivity contribution in [3.8, 4) is 0 Å². The third-order valence-electron chi connectivity index (χ3n) is 4.38. The zero-order valence-corrected chi connectivity index (χ0v) is 17.7. The number of amides is 1. The van der Waals surface area contributed by atoms with Gasteiger partial charge in [-0.2, -0.15) is 0 Å². The molecular formula is C21H22N4O4S. The fraction of sp³-hybridized carbons (Fsp3) is 0.286. The lowest BCUT2D eigenvalue weighted by Crippen LogP contribution is -2.28. The lowest BCUT2D eigenvalue weighted by Gasteiger charge is -2.17. The van der Waals surface area contributed by atoms with Crippen LogP contribution in [0.2, 0.25) is 0 Å². The van der Waals surface area contributed by atoms with Gasteiger partial charge in [0.05, 0.1) is 21.1 Å². The van der Waals surface area contributed by atoms with Crippen LogP contribution in [-0.4, -0.2) is 25.6 Å². The Hall–Kier alpha value is -3.20. The smallest absolute Gasteiger partial charge is 0.292 e. The number of hydrogen-bond acceptors (Lipinski definition) is 6. The first-order valence-electron chi connectivity index (χ1n) is 9.48. The van der Waals surface area contributed by atoms with Crippen LogP contribution in [0, 0.1) is 16.0 Å². The number of carbonyl (C=O) groups is 1. The van der Waals surface area contributed by atoms with Gasteiger partial charge in [-0.15, -0.1) is 0 Å². The standard InChI is InChI=1S/C21H22N4O4S/c1-13(2)12-24-20(27)15-8-4-5-9-16(15)23-21(24)30-14(3)19(26)22-17-10-6-7-11-18(17)25(28)29/h4-11,13-14H,12H2,1-3H3,(H,22,26). The zero-order chi connectivity index (χ0) is 21.8. The number of para-hydroxylation sites is 3. The summed E-state index contributed by atoms with van der Waals surface area (Å²) in [7, 11) is 0. The van der Waals surface area contributed by atoms with E-state index in [1.54, 1.807) is 41.8 Å². The maximum absolute atomic E-state index is 13.0. The molecule has 1 heterocycles. The second kappa shape index (κ2) is 9.08. The highest BCUT2D eigenvalue weighted by Crippen LogP contribution is 2.27. The molecule has 9 heteroatoms. The van der Waals surface area contributed by atoms with Crippen molar-refractivity contribution < 1.29 is 9.72 Å². The molecule has 30 heavy (non-hydrogen) atoms. The topological polar surface area (TPSA) is 107 Å². The van der Waals surface area contributed by atoms with Gasteiger partial charge >= 0.3 is 0 Å². The van der Waals surface area contributed by atoms with Gasteiger partial charge in [-0.3, -0.25) is 24.3 Å². The minimum absolute atomic E-state index is 0.131. The molecule has 0 radical (unpaired) electrons. The van der Waals surface area contributed by atoms with Crippen molar-refractivity contribution >= 4 is 39.9 Å². The zero-order valence-electron chi connectivity index (χ0n) is 16.9. The summed E-state index contributed by atoms with van der Waals surface area (Å²) in [5.41, 5.74) is 0.369. The molecule has 1 amide bonds. The number of hydrogen-bond donors (Lipinski definition) is 1. The Kier molecular flexibility index (Phi) is 6.51. The summed E-state index contributed by atoms with van der Waals surface area (Å²) < 4.78 is 1.59. The van der Waals surface area contributed by atoms with Gasteiger partial charge in [-0.25, -0.2) is 4.98 Å². The molecule has 0 aliphatic rings. The Labute approximate surface area is 177 Å². The summed E-state index contributed by atoms with van der Waals surface area (Å²) in [5, 5.41) is 14.1. The lowest BCUT2D eigenvalue weighted by atomic mass is 10.2. The van der Waals surface area contributed by atoms with Crippen LogP contribution in [0.4, 0.5) is 11.4 Å². The highest BCUT2D eigenvalue weighted by Gasteiger charge is 2.22. The van der Waals surface area contributed by atoms with Crippen LogP contribution in [-0.2, 0) is 11.3 Å². The van der Waals surface area contributed by atoms with Gasteiger partial charge in [0.15, 0.2) is 5.16 Å². The van der Waals surface area contributed by atoms with Crippen molar-refractivity contribution in [2.24, 2.45) is 5.92 Å². The van der Waals surface area contributed by atoms with Gasteiger partial charge in [0, 0.05) is 12.6 Å². The number of nitro groups is 1. The van der Waals surface area contributed by atoms with Crippen LogP contribution in [0.25, 0.3) is 10.9 Å². The molecule has 0 saturated carbocycles. The van der Waals surface area contributed by atoms with Crippen molar-refractivity contribution in [2.75, 3.05) is 5.32 Å². The first kappa shape index (κ1) is 21.5. The van der Waals surface area contributed by atoms with E-state index < -0.39 is 16.1 Å². The van der Waals surface area contributed by atoms with Crippen LogP contribution in [0.5, 0.6) is 0 Å². The Morgan fingerprint density at radius 3 is 2.53 bits per heavy atom. The van der Waals surface area contributed by atoms with Crippen LogP contribution >= 0.6 is 11.8 Å². The van der Waals surface area contributed by atoms with Gasteiger partial charge in [0.2, 0.25) is 5.91 Å². The number of nitrogens with one attached hydrogen (secondary N) is 1. The predicted octanol–water partition coefficient (Wildman–Crippen LogP) is 4.08. The third-order valence-corrected chi connectivity index (χ3v) is 5.47. The number of carbonyl (C=O) groups excluding carboxylic acids is 1. The van der Waals surface area contributed by atoms with E-state index in [2.05, 4.69) is 10.3 Å². The number of fused-ring (bicyclic) bond motifs is 1. The summed E-state index contributed by atoms with van der Waals surface area (Å²) in [5.74, 6) is -0.200. The molecular weight excluding hydrogens is 404 g/mol. The molecule has 1 aromatic heterocycles. The van der Waals surface area contributed by atoms with Crippen LogP contribution in [0.3, 0.4) is 0 Å². The van der Waals surface area contributed by atoms with E-state index in [0.717, 1.165) is 11.8 Å². The van der Waals surface area contributed by atoms with Crippen molar-refractivity contribution in [3.63, 3.8) is 0 Å². The number of nitrogens with zero attached hydrogens (tertiary/aromatic N) is 3. The monoisotopic (exact) mass is 426 g/mol. The molecule has 0 spiro atoms. The molecule has 0 bridgehead atoms. The van der Waals surface area contributed by atoms with E-state index in [4.69, 9.17) is 0 Å². The van der Waals surface area contributed by atoms with E-state index in [9.17, 15) is 19.7 Å². The Balaban J connectivity index is 1.90. The molecule has 1 atom stereocenters. The normalized spacial score (nSPS) is 12.1. The first-order chi connectivity index (χ1) is 14.3. The molecule has 0 fully saturated rings. The highest BCUT2D eigenvalue weighted by atomic mass is 32.2. The SMILES string of the molecule is CC(C)Cn1c(SC(C)C(=O)Nc2ccccc2[N+](=O)[O-])nc2ccccc2c1=O. The van der Waals surface area contributed by atoms with Gasteiger partial charge in [-0.05, 0) is 31.0 Å². The van der Waals surface area contributed by atoms with Gasteiger partial charge in [-0.1, -0.05) is 49.9 Å². The maximum atomic E-state index is 13.0. The summed E-state index contributed by atoms with van der Waals surface area (Å²) in [4.78, 5) is 40.9. The second-order valence-electron chi connectivity index (χ2n) is 7.24. The Morgan fingerprint density at radius 1 is 1.17 bits per heavy atom. The number of benzene rings is 2. The van der Waals surface area contributed by atoms with E-state index in [1.807, 2.05) is 13.8 Å². The van der Waals surface area contributed by atoms with Crippen molar-refractivity contribution in [1.82, 2.24) is 9.55 Å². The molecule has 8 nitrogen and oxygen atoms in total. The average Bonchev–Trinajstić information content (AvgIpc) is 2.70. The van der Waals surface area contributed by atoms with E-state index in [1.165, 1.54) is 18.2 Å². The summed E-state index contributed by atoms with van der Waals surface area (Å²) in [6.07, 6.45) is 0. The fourth-order valence-electron chi connectivity index (χ4n) is 2.95. The Bertz CT molecular complexity index is 1160. The molecule has 1 unspecified atom stereocenters. The minimum Gasteiger partial charge on any atom is -0.319 e. The van der Waals surface area contributed by atoms with Gasteiger partial charge in [0.25, 0.3) is 11.2 Å². The summed E-state index contributed by atoms with van der Waals surface area (Å²) in [6, 6.07) is 13.1. The van der Waals surface area contributed by atoms with Gasteiger partial charge < -0.3 is 5.32 Å².